The highest BCUT2D eigenvalue weighted by Gasteiger charge is 2.27. The van der Waals surface area contributed by atoms with Gasteiger partial charge in [0.25, 0.3) is 0 Å². The van der Waals surface area contributed by atoms with E-state index in [0.717, 1.165) is 25.6 Å². The molecule has 1 saturated carbocycles. The minimum Gasteiger partial charge on any atom is -0.382 e. The van der Waals surface area contributed by atoms with E-state index < -0.39 is 0 Å². The first-order valence-electron chi connectivity index (χ1n) is 4.18. The van der Waals surface area contributed by atoms with Crippen LogP contribution in [0.25, 0.3) is 0 Å². The highest BCUT2D eigenvalue weighted by molar-refractivity contribution is 4.83. The standard InChI is InChI=1S/C8H17NO/c1-2-10-6-5-8(9)7-3-4-7/h7-8H,2-6,9H2,1H3. The van der Waals surface area contributed by atoms with Crippen LogP contribution in [0, 0.1) is 5.92 Å². The monoisotopic (exact) mass is 143 g/mol. The third kappa shape index (κ3) is 2.67. The molecule has 0 spiro atoms. The van der Waals surface area contributed by atoms with Crippen LogP contribution in [-0.2, 0) is 4.74 Å². The average molecular weight is 143 g/mol. The lowest BCUT2D eigenvalue weighted by atomic mass is 10.1. The highest BCUT2D eigenvalue weighted by atomic mass is 16.5. The molecule has 2 N–H and O–H groups in total. The molecule has 2 nitrogen and oxygen atoms in total. The lowest BCUT2D eigenvalue weighted by Crippen LogP contribution is -2.24. The Morgan fingerprint density at radius 2 is 2.30 bits per heavy atom. The summed E-state index contributed by atoms with van der Waals surface area (Å²) in [5, 5.41) is 0. The predicted octanol–water partition coefficient (Wildman–Crippen LogP) is 1.15. The molecule has 1 aliphatic rings. The van der Waals surface area contributed by atoms with Crippen LogP contribution in [0.4, 0.5) is 0 Å². The molecule has 0 bridgehead atoms. The predicted molar refractivity (Wildman–Crippen MR) is 41.8 cm³/mol. The topological polar surface area (TPSA) is 35.2 Å². The molecule has 1 rings (SSSR count). The van der Waals surface area contributed by atoms with Crippen molar-refractivity contribution >= 4 is 0 Å². The van der Waals surface area contributed by atoms with Gasteiger partial charge in [-0.15, -0.1) is 0 Å². The zero-order valence-corrected chi connectivity index (χ0v) is 6.68. The number of hydrogen-bond acceptors (Lipinski definition) is 2. The van der Waals surface area contributed by atoms with Crippen molar-refractivity contribution in [3.8, 4) is 0 Å². The largest absolute Gasteiger partial charge is 0.382 e. The van der Waals surface area contributed by atoms with Gasteiger partial charge in [-0.05, 0) is 32.1 Å². The molecule has 0 aliphatic heterocycles. The number of ether oxygens (including phenoxy) is 1. The maximum absolute atomic E-state index is 5.84. The lowest BCUT2D eigenvalue weighted by Gasteiger charge is -2.08. The van der Waals surface area contributed by atoms with Crippen molar-refractivity contribution in [2.75, 3.05) is 13.2 Å². The van der Waals surface area contributed by atoms with Crippen LogP contribution in [0.15, 0.2) is 0 Å². The lowest BCUT2D eigenvalue weighted by molar-refractivity contribution is 0.138. The van der Waals surface area contributed by atoms with Gasteiger partial charge in [-0.2, -0.15) is 0 Å². The molecule has 0 saturated heterocycles. The normalized spacial score (nSPS) is 21.0. The van der Waals surface area contributed by atoms with E-state index in [1.165, 1.54) is 12.8 Å². The quantitative estimate of drug-likeness (QED) is 0.586. The molecule has 0 aromatic rings. The molecule has 0 aromatic heterocycles. The molecule has 1 unspecified atom stereocenters. The van der Waals surface area contributed by atoms with Crippen LogP contribution < -0.4 is 5.73 Å². The van der Waals surface area contributed by atoms with Crippen LogP contribution in [0.1, 0.15) is 26.2 Å². The van der Waals surface area contributed by atoms with Gasteiger partial charge in [0.2, 0.25) is 0 Å². The molecule has 0 heterocycles. The summed E-state index contributed by atoms with van der Waals surface area (Å²) in [6.07, 6.45) is 3.72. The van der Waals surface area contributed by atoms with E-state index in [1.807, 2.05) is 6.92 Å². The van der Waals surface area contributed by atoms with E-state index in [2.05, 4.69) is 0 Å². The Balaban J connectivity index is 1.90. The van der Waals surface area contributed by atoms with Crippen molar-refractivity contribution in [1.29, 1.82) is 0 Å². The summed E-state index contributed by atoms with van der Waals surface area (Å²) < 4.78 is 5.20. The Hall–Kier alpha value is -0.0800. The highest BCUT2D eigenvalue weighted by Crippen LogP contribution is 2.32. The second-order valence-electron chi connectivity index (χ2n) is 2.99. The second kappa shape index (κ2) is 3.94. The molecule has 1 atom stereocenters. The summed E-state index contributed by atoms with van der Waals surface area (Å²) in [7, 11) is 0. The summed E-state index contributed by atoms with van der Waals surface area (Å²) >= 11 is 0. The molecule has 1 aliphatic carbocycles. The molecule has 0 amide bonds. The van der Waals surface area contributed by atoms with Gasteiger partial charge in [0.15, 0.2) is 0 Å². The van der Waals surface area contributed by atoms with Gasteiger partial charge in [-0.3, -0.25) is 0 Å². The number of hydrogen-bond donors (Lipinski definition) is 1. The fourth-order valence-corrected chi connectivity index (χ4v) is 1.12. The van der Waals surface area contributed by atoms with Gasteiger partial charge in [0, 0.05) is 19.3 Å². The zero-order chi connectivity index (χ0) is 7.40. The van der Waals surface area contributed by atoms with E-state index in [0.29, 0.717) is 6.04 Å². The summed E-state index contributed by atoms with van der Waals surface area (Å²) in [5.41, 5.74) is 5.84. The van der Waals surface area contributed by atoms with Crippen molar-refractivity contribution in [2.24, 2.45) is 11.7 Å². The minimum atomic E-state index is 0.409. The molecule has 10 heavy (non-hydrogen) atoms. The third-order valence-corrected chi connectivity index (χ3v) is 2.03. The van der Waals surface area contributed by atoms with Crippen LogP contribution in [0.5, 0.6) is 0 Å². The van der Waals surface area contributed by atoms with Gasteiger partial charge >= 0.3 is 0 Å². The van der Waals surface area contributed by atoms with Crippen LogP contribution in [0.2, 0.25) is 0 Å². The first kappa shape index (κ1) is 8.02. The molecule has 2 heteroatoms. The maximum Gasteiger partial charge on any atom is 0.0480 e. The summed E-state index contributed by atoms with van der Waals surface area (Å²) in [5.74, 6) is 0.820. The fourth-order valence-electron chi connectivity index (χ4n) is 1.12. The van der Waals surface area contributed by atoms with Gasteiger partial charge in [-0.1, -0.05) is 0 Å². The fraction of sp³-hybridized carbons (Fsp3) is 1.00. The van der Waals surface area contributed by atoms with E-state index in [9.17, 15) is 0 Å². The maximum atomic E-state index is 5.84. The minimum absolute atomic E-state index is 0.409. The van der Waals surface area contributed by atoms with Gasteiger partial charge in [0.1, 0.15) is 0 Å². The smallest absolute Gasteiger partial charge is 0.0480 e. The SMILES string of the molecule is CCOCCC(N)C1CC1. The van der Waals surface area contributed by atoms with Crippen molar-refractivity contribution in [2.45, 2.75) is 32.2 Å². The van der Waals surface area contributed by atoms with Crippen LogP contribution in [-0.4, -0.2) is 19.3 Å². The van der Waals surface area contributed by atoms with Crippen molar-refractivity contribution in [3.63, 3.8) is 0 Å². The first-order chi connectivity index (χ1) is 4.84. The molecule has 1 fully saturated rings. The number of nitrogens with two attached hydrogens (primary N) is 1. The Kier molecular flexibility index (Phi) is 3.16. The summed E-state index contributed by atoms with van der Waals surface area (Å²) in [6.45, 7) is 3.67. The summed E-state index contributed by atoms with van der Waals surface area (Å²) in [4.78, 5) is 0. The average Bonchev–Trinajstić information content (AvgIpc) is 2.69. The summed E-state index contributed by atoms with van der Waals surface area (Å²) in [6, 6.07) is 0.409. The Morgan fingerprint density at radius 3 is 2.80 bits per heavy atom. The zero-order valence-electron chi connectivity index (χ0n) is 6.68. The molecule has 0 radical (unpaired) electrons. The van der Waals surface area contributed by atoms with Crippen LogP contribution in [0.3, 0.4) is 0 Å². The Morgan fingerprint density at radius 1 is 1.60 bits per heavy atom. The van der Waals surface area contributed by atoms with Gasteiger partial charge < -0.3 is 10.5 Å². The number of rotatable bonds is 5. The third-order valence-electron chi connectivity index (χ3n) is 2.03. The van der Waals surface area contributed by atoms with Gasteiger partial charge in [0.05, 0.1) is 0 Å². The van der Waals surface area contributed by atoms with Gasteiger partial charge in [-0.25, -0.2) is 0 Å². The molecular formula is C8H17NO. The van der Waals surface area contributed by atoms with Crippen LogP contribution >= 0.6 is 0 Å². The van der Waals surface area contributed by atoms with E-state index in [4.69, 9.17) is 10.5 Å². The molecular weight excluding hydrogens is 126 g/mol. The van der Waals surface area contributed by atoms with Crippen molar-refractivity contribution < 1.29 is 4.74 Å². The Labute approximate surface area is 62.7 Å². The first-order valence-corrected chi connectivity index (χ1v) is 4.18. The van der Waals surface area contributed by atoms with E-state index >= 15 is 0 Å². The van der Waals surface area contributed by atoms with Crippen molar-refractivity contribution in [3.05, 3.63) is 0 Å². The van der Waals surface area contributed by atoms with E-state index in [-0.39, 0.29) is 0 Å². The molecule has 60 valence electrons. The Bertz CT molecular complexity index is 91.3. The second-order valence-corrected chi connectivity index (χ2v) is 2.99. The van der Waals surface area contributed by atoms with E-state index in [1.54, 1.807) is 0 Å². The van der Waals surface area contributed by atoms with Crippen molar-refractivity contribution in [1.82, 2.24) is 0 Å². The molecule has 0 aromatic carbocycles.